The molecule has 0 aliphatic carbocycles. The SMILES string of the molecule is NC(=O)c1cc(-c2nc(N3CCOCC3)c3sc(CN4CCCCC4)cc3n2)c2cc[nH]c2c1. The first-order chi connectivity index (χ1) is 16.7. The van der Waals surface area contributed by atoms with Gasteiger partial charge in [0.15, 0.2) is 11.6 Å². The van der Waals surface area contributed by atoms with Crippen LogP contribution < -0.4 is 10.6 Å². The summed E-state index contributed by atoms with van der Waals surface area (Å²) in [6.07, 6.45) is 5.74. The molecule has 0 unspecified atom stereocenters. The van der Waals surface area contributed by atoms with Crippen molar-refractivity contribution < 1.29 is 9.53 Å². The minimum Gasteiger partial charge on any atom is -0.378 e. The number of ether oxygens (including phenoxy) is 1. The number of nitrogens with one attached hydrogen (secondary N) is 1. The summed E-state index contributed by atoms with van der Waals surface area (Å²) in [5.74, 6) is 1.10. The zero-order valence-corrected chi connectivity index (χ0v) is 19.9. The summed E-state index contributed by atoms with van der Waals surface area (Å²) >= 11 is 1.80. The molecule has 176 valence electrons. The topological polar surface area (TPSA) is 100 Å². The van der Waals surface area contributed by atoms with Gasteiger partial charge in [0, 0.05) is 52.7 Å². The average molecular weight is 477 g/mol. The second kappa shape index (κ2) is 8.98. The van der Waals surface area contributed by atoms with Crippen LogP contribution in [-0.2, 0) is 11.3 Å². The summed E-state index contributed by atoms with van der Waals surface area (Å²) in [4.78, 5) is 31.4. The molecule has 3 aromatic heterocycles. The number of amides is 1. The van der Waals surface area contributed by atoms with Gasteiger partial charge < -0.3 is 20.4 Å². The molecule has 2 saturated heterocycles. The van der Waals surface area contributed by atoms with E-state index in [1.807, 2.05) is 18.3 Å². The first kappa shape index (κ1) is 21.5. The lowest BCUT2D eigenvalue weighted by Gasteiger charge is -2.28. The summed E-state index contributed by atoms with van der Waals surface area (Å²) in [7, 11) is 0. The van der Waals surface area contributed by atoms with Crippen molar-refractivity contribution >= 4 is 44.2 Å². The highest BCUT2D eigenvalue weighted by Gasteiger charge is 2.22. The van der Waals surface area contributed by atoms with E-state index in [1.54, 1.807) is 17.4 Å². The maximum atomic E-state index is 12.0. The minimum absolute atomic E-state index is 0.442. The number of anilines is 1. The van der Waals surface area contributed by atoms with Crippen LogP contribution in [0.3, 0.4) is 0 Å². The molecule has 9 heteroatoms. The molecule has 2 fully saturated rings. The number of morpholine rings is 1. The van der Waals surface area contributed by atoms with Crippen molar-refractivity contribution in [1.29, 1.82) is 0 Å². The molecule has 1 amide bonds. The van der Waals surface area contributed by atoms with Crippen LogP contribution in [0.2, 0.25) is 0 Å². The van der Waals surface area contributed by atoms with Crippen molar-refractivity contribution in [2.24, 2.45) is 5.73 Å². The molecule has 4 aromatic rings. The third-order valence-electron chi connectivity index (χ3n) is 6.74. The Morgan fingerprint density at radius 3 is 2.71 bits per heavy atom. The fourth-order valence-corrected chi connectivity index (χ4v) is 6.14. The standard InChI is InChI=1S/C25H28N6O2S/c26-23(32)16-12-19(18-4-5-27-20(18)13-16)24-28-21-14-17(15-30-6-2-1-3-7-30)34-22(21)25(29-24)31-8-10-33-11-9-31/h4-5,12-14,27H,1-3,6-11,15H2,(H2,26,32). The van der Waals surface area contributed by atoms with Gasteiger partial charge in [-0.25, -0.2) is 9.97 Å². The number of benzene rings is 1. The summed E-state index contributed by atoms with van der Waals surface area (Å²) in [6, 6.07) is 7.80. The Balaban J connectivity index is 1.49. The molecule has 2 aliphatic heterocycles. The number of rotatable bonds is 5. The molecule has 3 N–H and O–H groups in total. The Hall–Kier alpha value is -3.01. The number of hydrogen-bond donors (Lipinski definition) is 2. The van der Waals surface area contributed by atoms with Crippen LogP contribution >= 0.6 is 11.3 Å². The number of aromatic amines is 1. The number of nitrogens with two attached hydrogens (primary N) is 1. The van der Waals surface area contributed by atoms with Gasteiger partial charge in [0.2, 0.25) is 5.91 Å². The van der Waals surface area contributed by atoms with Gasteiger partial charge in [-0.15, -0.1) is 11.3 Å². The lowest BCUT2D eigenvalue weighted by molar-refractivity contribution is 0.100. The maximum Gasteiger partial charge on any atom is 0.248 e. The van der Waals surface area contributed by atoms with Crippen molar-refractivity contribution in [3.63, 3.8) is 0 Å². The zero-order chi connectivity index (χ0) is 23.1. The fraction of sp³-hybridized carbons (Fsp3) is 0.400. The predicted octanol–water partition coefficient (Wildman–Crippen LogP) is 3.76. The third kappa shape index (κ3) is 4.04. The molecule has 6 rings (SSSR count). The number of nitrogens with zero attached hydrogens (tertiary/aromatic N) is 4. The second-order valence-electron chi connectivity index (χ2n) is 9.06. The molecule has 8 nitrogen and oxygen atoms in total. The molecule has 0 radical (unpaired) electrons. The van der Waals surface area contributed by atoms with Gasteiger partial charge >= 0.3 is 0 Å². The molecule has 0 spiro atoms. The first-order valence-electron chi connectivity index (χ1n) is 11.9. The van der Waals surface area contributed by atoms with Crippen molar-refractivity contribution in [2.45, 2.75) is 25.8 Å². The number of thiophene rings is 1. The summed E-state index contributed by atoms with van der Waals surface area (Å²) < 4.78 is 6.72. The highest BCUT2D eigenvalue weighted by Crippen LogP contribution is 2.37. The second-order valence-corrected chi connectivity index (χ2v) is 10.2. The number of piperidine rings is 1. The number of carbonyl (C=O) groups excluding carboxylic acids is 1. The van der Waals surface area contributed by atoms with Crippen molar-refractivity contribution in [2.75, 3.05) is 44.3 Å². The zero-order valence-electron chi connectivity index (χ0n) is 19.0. The Bertz CT molecular complexity index is 1350. The van der Waals surface area contributed by atoms with E-state index in [0.29, 0.717) is 24.6 Å². The number of likely N-dealkylation sites (tertiary alicyclic amines) is 1. The largest absolute Gasteiger partial charge is 0.378 e. The third-order valence-corrected chi connectivity index (χ3v) is 7.84. The van der Waals surface area contributed by atoms with Crippen LogP contribution in [0.4, 0.5) is 5.82 Å². The Morgan fingerprint density at radius 1 is 1.09 bits per heavy atom. The van der Waals surface area contributed by atoms with Crippen molar-refractivity contribution in [1.82, 2.24) is 19.9 Å². The summed E-state index contributed by atoms with van der Waals surface area (Å²) in [6.45, 7) is 6.24. The summed E-state index contributed by atoms with van der Waals surface area (Å²) in [5.41, 5.74) is 8.69. The molecule has 0 bridgehead atoms. The molecular formula is C25H28N6O2S. The van der Waals surface area contributed by atoms with E-state index < -0.39 is 5.91 Å². The first-order valence-corrected chi connectivity index (χ1v) is 12.7. The minimum atomic E-state index is -0.466. The van der Waals surface area contributed by atoms with Crippen LogP contribution in [0, 0.1) is 0 Å². The number of fused-ring (bicyclic) bond motifs is 2. The van der Waals surface area contributed by atoms with E-state index in [-0.39, 0.29) is 0 Å². The van der Waals surface area contributed by atoms with Crippen molar-refractivity contribution in [3.8, 4) is 11.4 Å². The maximum absolute atomic E-state index is 12.0. The normalized spacial score (nSPS) is 17.6. The molecule has 5 heterocycles. The van der Waals surface area contributed by atoms with Crippen LogP contribution in [0.25, 0.3) is 32.5 Å². The lowest BCUT2D eigenvalue weighted by atomic mass is 10.0. The summed E-state index contributed by atoms with van der Waals surface area (Å²) in [5, 5.41) is 0.973. The van der Waals surface area contributed by atoms with Crippen LogP contribution in [0.1, 0.15) is 34.5 Å². The average Bonchev–Trinajstić information content (AvgIpc) is 3.50. The molecule has 2 aliphatic rings. The Morgan fingerprint density at radius 2 is 1.91 bits per heavy atom. The van der Waals surface area contributed by atoms with E-state index in [9.17, 15) is 4.79 Å². The van der Waals surface area contributed by atoms with E-state index in [0.717, 1.165) is 65.2 Å². The van der Waals surface area contributed by atoms with Crippen LogP contribution in [0.15, 0.2) is 30.5 Å². The van der Waals surface area contributed by atoms with E-state index in [1.165, 1.54) is 24.1 Å². The van der Waals surface area contributed by atoms with E-state index in [4.69, 9.17) is 20.4 Å². The number of primary amides is 1. The van der Waals surface area contributed by atoms with Gasteiger partial charge in [0.1, 0.15) is 0 Å². The fourth-order valence-electron chi connectivity index (χ4n) is 4.98. The van der Waals surface area contributed by atoms with Gasteiger partial charge in [0.25, 0.3) is 0 Å². The highest BCUT2D eigenvalue weighted by molar-refractivity contribution is 7.19. The quantitative estimate of drug-likeness (QED) is 0.455. The van der Waals surface area contributed by atoms with Crippen molar-refractivity contribution in [3.05, 3.63) is 40.9 Å². The molecular weight excluding hydrogens is 448 g/mol. The van der Waals surface area contributed by atoms with Crippen LogP contribution in [-0.4, -0.2) is 65.2 Å². The van der Waals surface area contributed by atoms with Gasteiger partial charge in [-0.05, 0) is 50.2 Å². The predicted molar refractivity (Wildman–Crippen MR) is 135 cm³/mol. The Kier molecular flexibility index (Phi) is 5.68. The molecule has 0 saturated carbocycles. The number of aromatic nitrogens is 3. The number of H-pyrrole nitrogens is 1. The van der Waals surface area contributed by atoms with Gasteiger partial charge in [-0.1, -0.05) is 6.42 Å². The monoisotopic (exact) mass is 476 g/mol. The number of hydrogen-bond acceptors (Lipinski definition) is 7. The lowest BCUT2D eigenvalue weighted by Crippen LogP contribution is -2.36. The van der Waals surface area contributed by atoms with Crippen LogP contribution in [0.5, 0.6) is 0 Å². The molecule has 0 atom stereocenters. The smallest absolute Gasteiger partial charge is 0.248 e. The van der Waals surface area contributed by atoms with Gasteiger partial charge in [-0.3, -0.25) is 9.69 Å². The van der Waals surface area contributed by atoms with E-state index >= 15 is 0 Å². The highest BCUT2D eigenvalue weighted by atomic mass is 32.1. The molecule has 34 heavy (non-hydrogen) atoms. The van der Waals surface area contributed by atoms with Gasteiger partial charge in [0.05, 0.1) is 23.4 Å². The van der Waals surface area contributed by atoms with E-state index in [2.05, 4.69) is 20.9 Å². The molecule has 1 aromatic carbocycles. The number of carbonyl (C=O) groups is 1. The van der Waals surface area contributed by atoms with Gasteiger partial charge in [-0.2, -0.15) is 0 Å². The Labute approximate surface area is 201 Å².